The molecule has 0 bridgehead atoms. The molecule has 2 aromatic carbocycles. The molecule has 0 spiro atoms. The standard InChI is InChI=1S/C21H21N3O7/c25-18(12-30-10-9-22-19(26)20(27)28)23-24-21(29)31-11-17-15-7-3-1-5-13(15)14-6-2-4-8-16(14)17/h1-8,17H,9-12H2,(H,22,26)(H,23,25)(H,24,29)(H,27,28). The second-order valence-corrected chi connectivity index (χ2v) is 6.61. The molecule has 1 aliphatic carbocycles. The van der Waals surface area contributed by atoms with Gasteiger partial charge in [-0.3, -0.25) is 15.0 Å². The van der Waals surface area contributed by atoms with E-state index in [0.717, 1.165) is 22.3 Å². The lowest BCUT2D eigenvalue weighted by molar-refractivity contribution is -0.150. The van der Waals surface area contributed by atoms with Crippen molar-refractivity contribution >= 4 is 23.9 Å². The summed E-state index contributed by atoms with van der Waals surface area (Å²) in [5, 5.41) is 10.5. The van der Waals surface area contributed by atoms with Gasteiger partial charge in [0.25, 0.3) is 5.91 Å². The first-order chi connectivity index (χ1) is 15.0. The van der Waals surface area contributed by atoms with Gasteiger partial charge in [0.05, 0.1) is 6.61 Å². The lowest BCUT2D eigenvalue weighted by Crippen LogP contribution is -2.44. The lowest BCUT2D eigenvalue weighted by atomic mass is 9.98. The minimum absolute atomic E-state index is 0.0712. The monoisotopic (exact) mass is 427 g/mol. The van der Waals surface area contributed by atoms with E-state index in [1.807, 2.05) is 48.5 Å². The summed E-state index contributed by atoms with van der Waals surface area (Å²) < 4.78 is 10.2. The van der Waals surface area contributed by atoms with Crippen molar-refractivity contribution in [3.8, 4) is 11.1 Å². The van der Waals surface area contributed by atoms with Crippen molar-refractivity contribution in [2.75, 3.05) is 26.4 Å². The second kappa shape index (κ2) is 10.2. The number of benzene rings is 2. The molecule has 162 valence electrons. The first-order valence-electron chi connectivity index (χ1n) is 9.46. The number of hydrogen-bond donors (Lipinski definition) is 4. The number of carboxylic acid groups (broad SMARTS) is 1. The molecule has 0 atom stereocenters. The fraction of sp³-hybridized carbons (Fsp3) is 0.238. The molecule has 3 rings (SSSR count). The molecule has 0 aliphatic heterocycles. The third-order valence-corrected chi connectivity index (χ3v) is 4.61. The van der Waals surface area contributed by atoms with E-state index in [0.29, 0.717) is 0 Å². The summed E-state index contributed by atoms with van der Waals surface area (Å²) in [6.07, 6.45) is -0.816. The SMILES string of the molecule is O=C(COCCNC(=O)C(=O)O)NNC(=O)OCC1c2ccccc2-c2ccccc21. The zero-order valence-corrected chi connectivity index (χ0v) is 16.4. The number of amides is 3. The van der Waals surface area contributed by atoms with Crippen molar-refractivity contribution < 1.29 is 33.8 Å². The van der Waals surface area contributed by atoms with Gasteiger partial charge >= 0.3 is 18.0 Å². The van der Waals surface area contributed by atoms with Gasteiger partial charge in [-0.1, -0.05) is 48.5 Å². The number of hydrazine groups is 1. The predicted molar refractivity (Wildman–Crippen MR) is 108 cm³/mol. The van der Waals surface area contributed by atoms with Gasteiger partial charge in [-0.25, -0.2) is 15.0 Å². The molecule has 0 radical (unpaired) electrons. The van der Waals surface area contributed by atoms with E-state index >= 15 is 0 Å². The lowest BCUT2D eigenvalue weighted by Gasteiger charge is -2.14. The summed E-state index contributed by atoms with van der Waals surface area (Å²) in [6.45, 7) is -0.433. The highest BCUT2D eigenvalue weighted by Crippen LogP contribution is 2.44. The molecular formula is C21H21N3O7. The molecule has 0 saturated carbocycles. The maximum Gasteiger partial charge on any atom is 0.426 e. The Morgan fingerprint density at radius 3 is 2.13 bits per heavy atom. The van der Waals surface area contributed by atoms with Gasteiger partial charge in [0, 0.05) is 12.5 Å². The Morgan fingerprint density at radius 2 is 1.52 bits per heavy atom. The Morgan fingerprint density at radius 1 is 0.903 bits per heavy atom. The summed E-state index contributed by atoms with van der Waals surface area (Å²) >= 11 is 0. The van der Waals surface area contributed by atoms with Gasteiger partial charge in [-0.15, -0.1) is 0 Å². The third-order valence-electron chi connectivity index (χ3n) is 4.61. The van der Waals surface area contributed by atoms with Crippen LogP contribution in [-0.4, -0.2) is 55.3 Å². The first kappa shape index (κ1) is 21.8. The molecule has 0 unspecified atom stereocenters. The van der Waals surface area contributed by atoms with Crippen LogP contribution in [0.5, 0.6) is 0 Å². The molecule has 0 heterocycles. The number of aliphatic carboxylic acids is 1. The molecule has 0 saturated heterocycles. The van der Waals surface area contributed by atoms with Crippen LogP contribution in [0.1, 0.15) is 17.0 Å². The first-order valence-corrected chi connectivity index (χ1v) is 9.46. The quantitative estimate of drug-likeness (QED) is 0.290. The van der Waals surface area contributed by atoms with Gasteiger partial charge < -0.3 is 19.9 Å². The van der Waals surface area contributed by atoms with Crippen LogP contribution in [0, 0.1) is 0 Å². The molecule has 0 aromatic heterocycles. The van der Waals surface area contributed by atoms with Crippen LogP contribution in [0.25, 0.3) is 11.1 Å². The summed E-state index contributed by atoms with van der Waals surface area (Å²) in [6, 6.07) is 15.9. The van der Waals surface area contributed by atoms with E-state index in [1.54, 1.807) is 0 Å². The molecule has 0 fully saturated rings. The van der Waals surface area contributed by atoms with E-state index in [-0.39, 0.29) is 25.7 Å². The van der Waals surface area contributed by atoms with E-state index in [1.165, 1.54) is 0 Å². The largest absolute Gasteiger partial charge is 0.474 e. The molecule has 2 aromatic rings. The van der Waals surface area contributed by atoms with E-state index in [9.17, 15) is 19.2 Å². The van der Waals surface area contributed by atoms with Crippen molar-refractivity contribution in [2.24, 2.45) is 0 Å². The van der Waals surface area contributed by atoms with Crippen molar-refractivity contribution in [3.05, 3.63) is 59.7 Å². The van der Waals surface area contributed by atoms with Gasteiger partial charge in [0.1, 0.15) is 13.2 Å². The van der Waals surface area contributed by atoms with Gasteiger partial charge in [0.15, 0.2) is 0 Å². The zero-order valence-electron chi connectivity index (χ0n) is 16.4. The Hall–Kier alpha value is -3.92. The van der Waals surface area contributed by atoms with E-state index in [4.69, 9.17) is 14.6 Å². The molecule has 31 heavy (non-hydrogen) atoms. The topological polar surface area (TPSA) is 143 Å². The highest BCUT2D eigenvalue weighted by molar-refractivity contribution is 6.31. The number of nitrogens with one attached hydrogen (secondary N) is 3. The highest BCUT2D eigenvalue weighted by atomic mass is 16.6. The average Bonchev–Trinajstić information content (AvgIpc) is 3.09. The molecule has 10 heteroatoms. The number of hydrogen-bond acceptors (Lipinski definition) is 6. The molecular weight excluding hydrogens is 406 g/mol. The average molecular weight is 427 g/mol. The van der Waals surface area contributed by atoms with Crippen LogP contribution in [0.4, 0.5) is 4.79 Å². The van der Waals surface area contributed by atoms with Crippen molar-refractivity contribution in [1.82, 2.24) is 16.2 Å². The highest BCUT2D eigenvalue weighted by Gasteiger charge is 2.29. The number of carbonyl (C=O) groups is 4. The number of ether oxygens (including phenoxy) is 2. The second-order valence-electron chi connectivity index (χ2n) is 6.61. The summed E-state index contributed by atoms with van der Waals surface area (Å²) in [7, 11) is 0. The van der Waals surface area contributed by atoms with E-state index < -0.39 is 30.5 Å². The summed E-state index contributed by atoms with van der Waals surface area (Å²) in [5.41, 5.74) is 8.65. The summed E-state index contributed by atoms with van der Waals surface area (Å²) in [5.74, 6) is -3.51. The van der Waals surface area contributed by atoms with Crippen molar-refractivity contribution in [2.45, 2.75) is 5.92 Å². The summed E-state index contributed by atoms with van der Waals surface area (Å²) in [4.78, 5) is 44.7. The van der Waals surface area contributed by atoms with Crippen LogP contribution >= 0.6 is 0 Å². The van der Waals surface area contributed by atoms with E-state index in [2.05, 4.69) is 16.2 Å². The maximum atomic E-state index is 12.0. The van der Waals surface area contributed by atoms with Crippen LogP contribution in [0.3, 0.4) is 0 Å². The Balaban J connectivity index is 1.39. The molecule has 10 nitrogen and oxygen atoms in total. The number of carboxylic acids is 1. The Kier molecular flexibility index (Phi) is 7.17. The smallest absolute Gasteiger partial charge is 0.426 e. The maximum absolute atomic E-state index is 12.0. The fourth-order valence-corrected chi connectivity index (χ4v) is 3.27. The third kappa shape index (κ3) is 5.58. The Bertz CT molecular complexity index is 947. The van der Waals surface area contributed by atoms with Crippen molar-refractivity contribution in [1.29, 1.82) is 0 Å². The molecule has 4 N–H and O–H groups in total. The minimum atomic E-state index is -1.61. The normalized spacial score (nSPS) is 11.7. The number of carbonyl (C=O) groups excluding carboxylic acids is 3. The fourth-order valence-electron chi connectivity index (χ4n) is 3.27. The van der Waals surface area contributed by atoms with Crippen molar-refractivity contribution in [3.63, 3.8) is 0 Å². The Labute approximate surface area is 177 Å². The predicted octanol–water partition coefficient (Wildman–Crippen LogP) is 0.774. The molecule has 3 amide bonds. The minimum Gasteiger partial charge on any atom is -0.474 e. The zero-order chi connectivity index (χ0) is 22.2. The van der Waals surface area contributed by atoms with Crippen LogP contribution < -0.4 is 16.2 Å². The number of rotatable bonds is 7. The molecule has 1 aliphatic rings. The van der Waals surface area contributed by atoms with Gasteiger partial charge in [0.2, 0.25) is 0 Å². The van der Waals surface area contributed by atoms with Crippen LogP contribution in [0.2, 0.25) is 0 Å². The van der Waals surface area contributed by atoms with Crippen LogP contribution in [0.15, 0.2) is 48.5 Å². The van der Waals surface area contributed by atoms with Crippen LogP contribution in [-0.2, 0) is 23.9 Å². The van der Waals surface area contributed by atoms with Gasteiger partial charge in [-0.05, 0) is 22.3 Å². The van der Waals surface area contributed by atoms with Gasteiger partial charge in [-0.2, -0.15) is 0 Å². The number of fused-ring (bicyclic) bond motifs is 3.